The second-order valence-corrected chi connectivity index (χ2v) is 8.68. The largest absolute Gasteiger partial charge is 0.376 e. The molecule has 2 saturated heterocycles. The van der Waals surface area contributed by atoms with Gasteiger partial charge in [-0.3, -0.25) is 4.99 Å². The first-order chi connectivity index (χ1) is 15.3. The van der Waals surface area contributed by atoms with Gasteiger partial charge in [0.25, 0.3) is 0 Å². The Labute approximate surface area is 210 Å². The van der Waals surface area contributed by atoms with E-state index in [0.717, 1.165) is 71.0 Å². The molecule has 0 bridgehead atoms. The van der Waals surface area contributed by atoms with E-state index < -0.39 is 0 Å². The molecule has 5 nitrogen and oxygen atoms in total. The normalized spacial score (nSPS) is 20.2. The van der Waals surface area contributed by atoms with Gasteiger partial charge in [-0.15, -0.1) is 24.0 Å². The number of guanidine groups is 1. The van der Waals surface area contributed by atoms with Crippen molar-refractivity contribution in [1.29, 1.82) is 0 Å². The van der Waals surface area contributed by atoms with Crippen LogP contribution in [0.5, 0.6) is 0 Å². The zero-order valence-corrected chi connectivity index (χ0v) is 21.6. The second-order valence-electron chi connectivity index (χ2n) is 8.68. The summed E-state index contributed by atoms with van der Waals surface area (Å²) < 4.78 is 12.0. The number of likely N-dealkylation sites (tertiary alicyclic amines) is 1. The van der Waals surface area contributed by atoms with E-state index in [0.29, 0.717) is 12.2 Å². The predicted octanol–water partition coefficient (Wildman–Crippen LogP) is 5.02. The molecule has 6 heteroatoms. The van der Waals surface area contributed by atoms with Crippen LogP contribution in [-0.2, 0) is 15.9 Å². The van der Waals surface area contributed by atoms with E-state index in [1.54, 1.807) is 0 Å². The monoisotopic (exact) mass is 551 g/mol. The van der Waals surface area contributed by atoms with Crippen LogP contribution in [0.2, 0.25) is 0 Å². The van der Waals surface area contributed by atoms with E-state index in [4.69, 9.17) is 14.5 Å². The maximum Gasteiger partial charge on any atom is 0.193 e. The summed E-state index contributed by atoms with van der Waals surface area (Å²) in [4.78, 5) is 7.32. The molecule has 32 heavy (non-hydrogen) atoms. The number of ether oxygens (including phenoxy) is 2. The minimum Gasteiger partial charge on any atom is -0.376 e. The molecule has 2 aromatic carbocycles. The molecule has 4 rings (SSSR count). The number of benzene rings is 2. The molecule has 2 aliphatic heterocycles. The van der Waals surface area contributed by atoms with Crippen molar-refractivity contribution in [3.63, 3.8) is 0 Å². The second kappa shape index (κ2) is 13.4. The minimum absolute atomic E-state index is 0. The quantitative estimate of drug-likeness (QED) is 0.299. The summed E-state index contributed by atoms with van der Waals surface area (Å²) in [5, 5.41) is 6.08. The lowest BCUT2D eigenvalue weighted by molar-refractivity contribution is -0.0721. The number of hydrogen-bond donors (Lipinski definition) is 1. The topological polar surface area (TPSA) is 46.1 Å². The van der Waals surface area contributed by atoms with Crippen molar-refractivity contribution in [2.45, 2.75) is 57.7 Å². The first-order valence-corrected chi connectivity index (χ1v) is 12.1. The highest BCUT2D eigenvalue weighted by Gasteiger charge is 2.23. The van der Waals surface area contributed by atoms with Crippen LogP contribution in [0.25, 0.3) is 10.8 Å². The van der Waals surface area contributed by atoms with E-state index >= 15 is 0 Å². The maximum absolute atomic E-state index is 6.17. The highest BCUT2D eigenvalue weighted by Crippen LogP contribution is 2.19. The standard InChI is InChI=1S/C26H37N3O2.HI/c1-2-27-26(28-15-12-21-10-11-22-7-3-4-8-23(22)19-21)29-16-13-24(14-17-29)31-20-25-9-5-6-18-30-25;/h3-4,7-8,10-11,19,24-25H,2,5-6,9,12-18,20H2,1H3,(H,27,28);1H. The van der Waals surface area contributed by atoms with Crippen LogP contribution < -0.4 is 5.32 Å². The molecule has 1 N–H and O–H groups in total. The van der Waals surface area contributed by atoms with Gasteiger partial charge in [0.05, 0.1) is 18.8 Å². The van der Waals surface area contributed by atoms with Crippen LogP contribution >= 0.6 is 24.0 Å². The summed E-state index contributed by atoms with van der Waals surface area (Å²) in [6.45, 7) is 7.48. The van der Waals surface area contributed by atoms with Crippen molar-refractivity contribution in [1.82, 2.24) is 10.2 Å². The zero-order chi connectivity index (χ0) is 21.3. The SMILES string of the molecule is CCNC(=NCCc1ccc2ccccc2c1)N1CCC(OCC2CCCCO2)CC1.I. The molecule has 2 aliphatic rings. The third kappa shape index (κ3) is 7.32. The van der Waals surface area contributed by atoms with E-state index in [1.807, 2.05) is 0 Å². The Bertz CT molecular complexity index is 846. The van der Waals surface area contributed by atoms with Crippen LogP contribution in [0.4, 0.5) is 0 Å². The van der Waals surface area contributed by atoms with Gasteiger partial charge in [0.15, 0.2) is 5.96 Å². The first kappa shape index (κ1) is 25.2. The lowest BCUT2D eigenvalue weighted by Crippen LogP contribution is -2.47. The Morgan fingerprint density at radius 1 is 1.09 bits per heavy atom. The zero-order valence-electron chi connectivity index (χ0n) is 19.3. The van der Waals surface area contributed by atoms with Crippen LogP contribution in [0.1, 0.15) is 44.6 Å². The molecule has 2 fully saturated rings. The fraction of sp³-hybridized carbons (Fsp3) is 0.577. The average molecular weight is 552 g/mol. The third-order valence-electron chi connectivity index (χ3n) is 6.34. The molecular weight excluding hydrogens is 513 g/mol. The maximum atomic E-state index is 6.17. The lowest BCUT2D eigenvalue weighted by atomic mass is 10.1. The molecule has 0 spiro atoms. The first-order valence-electron chi connectivity index (χ1n) is 12.1. The lowest BCUT2D eigenvalue weighted by Gasteiger charge is -2.35. The van der Waals surface area contributed by atoms with Gasteiger partial charge < -0.3 is 19.7 Å². The van der Waals surface area contributed by atoms with Gasteiger partial charge in [0.1, 0.15) is 0 Å². The fourth-order valence-corrected chi connectivity index (χ4v) is 4.53. The predicted molar refractivity (Wildman–Crippen MR) is 143 cm³/mol. The van der Waals surface area contributed by atoms with E-state index in [9.17, 15) is 0 Å². The Kier molecular flexibility index (Phi) is 10.5. The number of halogens is 1. The molecule has 2 aromatic rings. The molecule has 0 radical (unpaired) electrons. The molecule has 0 amide bonds. The summed E-state index contributed by atoms with van der Waals surface area (Å²) in [5.74, 6) is 1.04. The van der Waals surface area contributed by atoms with Crippen molar-refractivity contribution < 1.29 is 9.47 Å². The van der Waals surface area contributed by atoms with E-state index in [1.165, 1.54) is 29.2 Å². The highest BCUT2D eigenvalue weighted by atomic mass is 127. The van der Waals surface area contributed by atoms with Gasteiger partial charge >= 0.3 is 0 Å². The Morgan fingerprint density at radius 3 is 2.66 bits per heavy atom. The summed E-state index contributed by atoms with van der Waals surface area (Å²) in [6, 6.07) is 15.3. The number of hydrogen-bond acceptors (Lipinski definition) is 3. The van der Waals surface area contributed by atoms with Gasteiger partial charge in [-0.05, 0) is 61.8 Å². The van der Waals surface area contributed by atoms with Gasteiger partial charge in [0, 0.05) is 32.8 Å². The molecule has 1 unspecified atom stereocenters. The van der Waals surface area contributed by atoms with Crippen LogP contribution in [0.15, 0.2) is 47.5 Å². The third-order valence-corrected chi connectivity index (χ3v) is 6.34. The Hall–Kier alpha value is -1.38. The van der Waals surface area contributed by atoms with Gasteiger partial charge in [-0.1, -0.05) is 42.5 Å². The Balaban J connectivity index is 0.00000289. The number of nitrogens with one attached hydrogen (secondary N) is 1. The van der Waals surface area contributed by atoms with Gasteiger partial charge in [-0.2, -0.15) is 0 Å². The minimum atomic E-state index is 0. The van der Waals surface area contributed by atoms with E-state index in [2.05, 4.69) is 59.6 Å². The van der Waals surface area contributed by atoms with Crippen LogP contribution in [-0.4, -0.2) is 62.5 Å². The summed E-state index contributed by atoms with van der Waals surface area (Å²) in [7, 11) is 0. The van der Waals surface area contributed by atoms with Gasteiger partial charge in [-0.25, -0.2) is 0 Å². The van der Waals surface area contributed by atoms with Crippen LogP contribution in [0.3, 0.4) is 0 Å². The fourth-order valence-electron chi connectivity index (χ4n) is 4.53. The molecule has 0 aromatic heterocycles. The average Bonchev–Trinajstić information content (AvgIpc) is 2.83. The van der Waals surface area contributed by atoms with Gasteiger partial charge in [0.2, 0.25) is 0 Å². The molecule has 176 valence electrons. The van der Waals surface area contributed by atoms with Crippen molar-refractivity contribution >= 4 is 40.7 Å². The number of aliphatic imine (C=N–C) groups is 1. The number of nitrogens with zero attached hydrogens (tertiary/aromatic N) is 2. The number of rotatable bonds is 7. The summed E-state index contributed by atoms with van der Waals surface area (Å²) >= 11 is 0. The molecule has 0 aliphatic carbocycles. The summed E-state index contributed by atoms with van der Waals surface area (Å²) in [5.41, 5.74) is 1.34. The number of fused-ring (bicyclic) bond motifs is 1. The smallest absolute Gasteiger partial charge is 0.193 e. The molecular formula is C26H38IN3O2. The van der Waals surface area contributed by atoms with Crippen molar-refractivity contribution in [3.05, 3.63) is 48.0 Å². The van der Waals surface area contributed by atoms with Crippen LogP contribution in [0, 0.1) is 0 Å². The Morgan fingerprint density at radius 2 is 1.91 bits per heavy atom. The van der Waals surface area contributed by atoms with E-state index in [-0.39, 0.29) is 24.0 Å². The highest BCUT2D eigenvalue weighted by molar-refractivity contribution is 14.0. The number of piperidine rings is 1. The molecule has 2 heterocycles. The van der Waals surface area contributed by atoms with Crippen molar-refractivity contribution in [2.75, 3.05) is 39.4 Å². The molecule has 0 saturated carbocycles. The van der Waals surface area contributed by atoms with Crippen molar-refractivity contribution in [2.24, 2.45) is 4.99 Å². The molecule has 1 atom stereocenters. The summed E-state index contributed by atoms with van der Waals surface area (Å²) in [6.07, 6.45) is 7.34. The van der Waals surface area contributed by atoms with Crippen molar-refractivity contribution in [3.8, 4) is 0 Å².